The molecule has 2 unspecified atom stereocenters. The first-order chi connectivity index (χ1) is 15.0. The average Bonchev–Trinajstić information content (AvgIpc) is 3.36. The van der Waals surface area contributed by atoms with Crippen LogP contribution in [-0.4, -0.2) is 24.6 Å². The zero-order valence-corrected chi connectivity index (χ0v) is 18.2. The van der Waals surface area contributed by atoms with E-state index in [2.05, 4.69) is 19.5 Å². The smallest absolute Gasteiger partial charge is 0.0956 e. The average molecular weight is 431 g/mol. The Bertz CT molecular complexity index is 1270. The van der Waals surface area contributed by atoms with E-state index in [1.54, 1.807) is 12.4 Å². The number of aromatic nitrogens is 4. The summed E-state index contributed by atoms with van der Waals surface area (Å²) in [5.41, 5.74) is 5.93. The van der Waals surface area contributed by atoms with Gasteiger partial charge in [-0.15, -0.1) is 0 Å². The Morgan fingerprint density at radius 2 is 1.90 bits per heavy atom. The molecule has 3 aromatic heterocycles. The molecule has 6 heteroatoms. The van der Waals surface area contributed by atoms with Gasteiger partial charge in [-0.3, -0.25) is 9.97 Å². The normalized spacial score (nSPS) is 16.6. The first-order valence-corrected chi connectivity index (χ1v) is 10.8. The summed E-state index contributed by atoms with van der Waals surface area (Å²) in [4.78, 5) is 12.9. The summed E-state index contributed by atoms with van der Waals surface area (Å²) in [6.45, 7) is 3.96. The lowest BCUT2D eigenvalue weighted by Crippen LogP contribution is -2.29. The van der Waals surface area contributed by atoms with Gasteiger partial charge in [0.05, 0.1) is 29.9 Å². The number of hydrogen-bond donors (Lipinski definition) is 1. The third-order valence-electron chi connectivity index (χ3n) is 6.31. The van der Waals surface area contributed by atoms with E-state index in [0.29, 0.717) is 17.9 Å². The first-order valence-electron chi connectivity index (χ1n) is 10.4. The Hall–Kier alpha value is -3.02. The zero-order chi connectivity index (χ0) is 21.6. The van der Waals surface area contributed by atoms with Gasteiger partial charge in [0.1, 0.15) is 0 Å². The van der Waals surface area contributed by atoms with E-state index < -0.39 is 5.60 Å². The molecule has 4 aromatic rings. The molecule has 1 aromatic carbocycles. The monoisotopic (exact) mass is 430 g/mol. The van der Waals surface area contributed by atoms with Crippen molar-refractivity contribution in [3.05, 3.63) is 89.4 Å². The van der Waals surface area contributed by atoms with Gasteiger partial charge >= 0.3 is 0 Å². The second-order valence-electron chi connectivity index (χ2n) is 8.13. The van der Waals surface area contributed by atoms with Gasteiger partial charge in [0.2, 0.25) is 0 Å². The molecule has 5 rings (SSSR count). The van der Waals surface area contributed by atoms with Crippen molar-refractivity contribution in [3.8, 4) is 22.4 Å². The number of aliphatic hydroxyl groups is 1. The van der Waals surface area contributed by atoms with Gasteiger partial charge < -0.3 is 9.67 Å². The number of aryl methyl sites for hydroxylation is 1. The minimum absolute atomic E-state index is 0.0287. The summed E-state index contributed by atoms with van der Waals surface area (Å²) in [7, 11) is 0. The van der Waals surface area contributed by atoms with Crippen LogP contribution in [-0.2, 0) is 5.60 Å². The van der Waals surface area contributed by atoms with Crippen LogP contribution in [0.5, 0.6) is 0 Å². The molecule has 0 aliphatic carbocycles. The summed E-state index contributed by atoms with van der Waals surface area (Å²) in [6, 6.07) is 11.9. The molecule has 0 saturated heterocycles. The van der Waals surface area contributed by atoms with Crippen molar-refractivity contribution >= 4 is 11.6 Å². The molecule has 2 atom stereocenters. The van der Waals surface area contributed by atoms with Gasteiger partial charge in [-0.2, -0.15) is 0 Å². The van der Waals surface area contributed by atoms with E-state index in [-0.39, 0.29) is 6.04 Å². The van der Waals surface area contributed by atoms with E-state index in [1.807, 2.05) is 69.0 Å². The lowest BCUT2D eigenvalue weighted by atomic mass is 9.82. The molecule has 1 aliphatic heterocycles. The van der Waals surface area contributed by atoms with Crippen molar-refractivity contribution in [3.63, 3.8) is 0 Å². The van der Waals surface area contributed by atoms with E-state index in [1.165, 1.54) is 0 Å². The van der Waals surface area contributed by atoms with Crippen molar-refractivity contribution in [2.75, 3.05) is 0 Å². The second-order valence-corrected chi connectivity index (χ2v) is 8.54. The molecule has 0 radical (unpaired) electrons. The zero-order valence-electron chi connectivity index (χ0n) is 17.5. The first kappa shape index (κ1) is 19.9. The lowest BCUT2D eigenvalue weighted by molar-refractivity contribution is 0.0140. The van der Waals surface area contributed by atoms with Gasteiger partial charge in [-0.25, -0.2) is 4.98 Å². The van der Waals surface area contributed by atoms with Crippen LogP contribution in [0.3, 0.4) is 0 Å². The van der Waals surface area contributed by atoms with Gasteiger partial charge in [0.15, 0.2) is 0 Å². The summed E-state index contributed by atoms with van der Waals surface area (Å²) in [5.74, 6) is 0. The van der Waals surface area contributed by atoms with Crippen molar-refractivity contribution in [2.45, 2.75) is 38.3 Å². The van der Waals surface area contributed by atoms with Gasteiger partial charge in [0.25, 0.3) is 0 Å². The van der Waals surface area contributed by atoms with Crippen LogP contribution in [0, 0.1) is 6.92 Å². The standard InChI is InChI=1S/C25H23ClN4O/c1-3-25(31,12-23-19-7-8-27-13-20(19)24-14-28-15-30(23)24)21-5-4-17(11-22(21)26)18-6-9-29-16(2)10-18/h4-11,13-15,23,31H,3,12H2,1-2H3. The third-order valence-corrected chi connectivity index (χ3v) is 6.62. The Morgan fingerprint density at radius 1 is 1.06 bits per heavy atom. The highest BCUT2D eigenvalue weighted by molar-refractivity contribution is 6.31. The molecular formula is C25H23ClN4O. The number of fused-ring (bicyclic) bond motifs is 3. The number of hydrogen-bond acceptors (Lipinski definition) is 4. The Kier molecular flexibility index (Phi) is 4.88. The summed E-state index contributed by atoms with van der Waals surface area (Å²) in [6.07, 6.45) is 10.2. The number of imidazole rings is 1. The number of rotatable bonds is 5. The largest absolute Gasteiger partial charge is 0.385 e. The SMILES string of the molecule is CCC(O)(CC1c2ccncc2-c2cncn21)c1ccc(-c2ccnc(C)c2)cc1Cl. The Labute approximate surface area is 186 Å². The highest BCUT2D eigenvalue weighted by Crippen LogP contribution is 2.46. The van der Waals surface area contributed by atoms with Gasteiger partial charge in [-0.05, 0) is 54.3 Å². The Balaban J connectivity index is 1.52. The fourth-order valence-corrected chi connectivity index (χ4v) is 4.95. The molecule has 0 spiro atoms. The molecule has 156 valence electrons. The Morgan fingerprint density at radius 3 is 2.68 bits per heavy atom. The van der Waals surface area contributed by atoms with Crippen LogP contribution in [0.1, 0.15) is 42.6 Å². The minimum atomic E-state index is -1.08. The highest BCUT2D eigenvalue weighted by Gasteiger charge is 2.38. The molecule has 0 saturated carbocycles. The number of nitrogens with zero attached hydrogens (tertiary/aromatic N) is 4. The molecule has 0 fully saturated rings. The number of halogens is 1. The van der Waals surface area contributed by atoms with Gasteiger partial charge in [0, 0.05) is 46.9 Å². The highest BCUT2D eigenvalue weighted by atomic mass is 35.5. The van der Waals surface area contributed by atoms with Crippen LogP contribution >= 0.6 is 11.6 Å². The summed E-state index contributed by atoms with van der Waals surface area (Å²) < 4.78 is 2.12. The van der Waals surface area contributed by atoms with E-state index in [4.69, 9.17) is 11.6 Å². The molecule has 4 heterocycles. The van der Waals surface area contributed by atoms with Crippen LogP contribution < -0.4 is 0 Å². The molecule has 5 nitrogen and oxygen atoms in total. The maximum atomic E-state index is 11.8. The predicted molar refractivity (Wildman–Crippen MR) is 122 cm³/mol. The van der Waals surface area contributed by atoms with Crippen molar-refractivity contribution in [1.82, 2.24) is 19.5 Å². The molecule has 1 aliphatic rings. The van der Waals surface area contributed by atoms with Crippen molar-refractivity contribution in [2.24, 2.45) is 0 Å². The fourth-order valence-electron chi connectivity index (χ4n) is 4.59. The second kappa shape index (κ2) is 7.59. The van der Waals surface area contributed by atoms with Crippen LogP contribution in [0.15, 0.2) is 67.5 Å². The van der Waals surface area contributed by atoms with Crippen LogP contribution in [0.25, 0.3) is 22.4 Å². The van der Waals surface area contributed by atoms with E-state index in [9.17, 15) is 5.11 Å². The molecule has 1 N–H and O–H groups in total. The van der Waals surface area contributed by atoms with Gasteiger partial charge in [-0.1, -0.05) is 30.7 Å². The van der Waals surface area contributed by atoms with Crippen LogP contribution in [0.4, 0.5) is 0 Å². The van der Waals surface area contributed by atoms with Crippen molar-refractivity contribution < 1.29 is 5.11 Å². The molecule has 0 amide bonds. The van der Waals surface area contributed by atoms with E-state index >= 15 is 0 Å². The quantitative estimate of drug-likeness (QED) is 0.450. The summed E-state index contributed by atoms with van der Waals surface area (Å²) >= 11 is 6.74. The topological polar surface area (TPSA) is 63.8 Å². The maximum Gasteiger partial charge on any atom is 0.0956 e. The minimum Gasteiger partial charge on any atom is -0.385 e. The predicted octanol–water partition coefficient (Wildman–Crippen LogP) is 5.56. The van der Waals surface area contributed by atoms with Crippen molar-refractivity contribution in [1.29, 1.82) is 0 Å². The molecular weight excluding hydrogens is 408 g/mol. The van der Waals surface area contributed by atoms with Crippen LogP contribution in [0.2, 0.25) is 5.02 Å². The van der Waals surface area contributed by atoms with E-state index in [0.717, 1.165) is 39.2 Å². The lowest BCUT2D eigenvalue weighted by Gasteiger charge is -2.32. The molecule has 0 bridgehead atoms. The number of benzene rings is 1. The third kappa shape index (κ3) is 3.34. The summed E-state index contributed by atoms with van der Waals surface area (Å²) in [5, 5.41) is 12.3. The molecule has 31 heavy (non-hydrogen) atoms. The number of pyridine rings is 2. The fraction of sp³-hybridized carbons (Fsp3) is 0.240. The maximum absolute atomic E-state index is 11.8.